The first kappa shape index (κ1) is 35.9. The van der Waals surface area contributed by atoms with E-state index in [4.69, 9.17) is 28.6 Å². The van der Waals surface area contributed by atoms with Gasteiger partial charge < -0.3 is 23.9 Å². The van der Waals surface area contributed by atoms with Crippen molar-refractivity contribution in [2.24, 2.45) is 11.8 Å². The van der Waals surface area contributed by atoms with Crippen LogP contribution in [0.5, 0.6) is 5.75 Å². The number of amides is 2. The summed E-state index contributed by atoms with van der Waals surface area (Å²) in [7, 11) is 1.72. The molecule has 1 aromatic carbocycles. The normalized spacial score (nSPS) is 23.2. The number of aromatic nitrogens is 2. The smallest absolute Gasteiger partial charge is 0.407 e. The minimum absolute atomic E-state index is 0.0960. The molecule has 50 heavy (non-hydrogen) atoms. The molecule has 1 aliphatic heterocycles. The average molecular weight is 687 g/mol. The predicted molar refractivity (Wildman–Crippen MR) is 192 cm³/mol. The molecule has 6 rings (SSSR count). The van der Waals surface area contributed by atoms with Gasteiger partial charge in [0, 0.05) is 48.9 Å². The van der Waals surface area contributed by atoms with Crippen LogP contribution in [0.2, 0.25) is 0 Å². The number of nitrogens with zero attached hydrogens (tertiary/aromatic N) is 3. The van der Waals surface area contributed by atoms with Crippen molar-refractivity contribution >= 4 is 17.8 Å². The highest BCUT2D eigenvalue weighted by Gasteiger charge is 2.35. The Kier molecular flexibility index (Phi) is 11.5. The maximum atomic E-state index is 14.4. The van der Waals surface area contributed by atoms with Gasteiger partial charge >= 0.3 is 6.09 Å². The fourth-order valence-corrected chi connectivity index (χ4v) is 7.71. The van der Waals surface area contributed by atoms with E-state index in [-0.39, 0.29) is 35.5 Å². The highest BCUT2D eigenvalue weighted by molar-refractivity contribution is 5.94. The minimum atomic E-state index is -0.364. The Balaban J connectivity index is 1.14. The van der Waals surface area contributed by atoms with Gasteiger partial charge in [-0.05, 0) is 112 Å². The number of benzene rings is 1. The molecule has 3 aromatic rings. The Bertz CT molecular complexity index is 1590. The van der Waals surface area contributed by atoms with Crippen LogP contribution in [0.15, 0.2) is 47.2 Å². The van der Waals surface area contributed by atoms with Crippen LogP contribution < -0.4 is 15.0 Å². The van der Waals surface area contributed by atoms with E-state index >= 15 is 0 Å². The number of pyridine rings is 1. The van der Waals surface area contributed by atoms with E-state index in [0.717, 1.165) is 61.1 Å². The van der Waals surface area contributed by atoms with E-state index in [1.165, 1.54) is 5.56 Å². The zero-order valence-corrected chi connectivity index (χ0v) is 30.4. The van der Waals surface area contributed by atoms with Gasteiger partial charge in [-0.3, -0.25) is 9.69 Å². The molecule has 2 amide bonds. The fourth-order valence-electron chi connectivity index (χ4n) is 7.71. The quantitative estimate of drug-likeness (QED) is 0.240. The topological polar surface area (TPSA) is 116 Å². The molecule has 3 fully saturated rings. The first-order valence-corrected chi connectivity index (χ1v) is 18.5. The standard InChI is InChI=1S/C40H54N4O6/c1-26-22-30(12-15-35(26)47-5)28-8-6-27(7-9-28)24-44(36-23-31(16-19-41-36)34-25-49-38(43-34)40(2,3)4)37(45)29-10-13-33(14-11-29)50-39(46)42-32-17-20-48-21-18-32/h12,15-16,19,22-23,25,27-29,32-33H,6-11,13-14,17-18,20-21,24H2,1-5H3,(H,42,46). The van der Waals surface area contributed by atoms with Crippen LogP contribution in [0.25, 0.3) is 11.3 Å². The lowest BCUT2D eigenvalue weighted by Gasteiger charge is -2.36. The molecule has 0 radical (unpaired) electrons. The molecule has 10 heteroatoms. The van der Waals surface area contributed by atoms with E-state index in [1.807, 2.05) is 17.0 Å². The monoisotopic (exact) mass is 686 g/mol. The molecule has 1 N–H and O–H groups in total. The Morgan fingerprint density at radius 1 is 0.960 bits per heavy atom. The van der Waals surface area contributed by atoms with Crippen LogP contribution in [0.1, 0.15) is 108 Å². The van der Waals surface area contributed by atoms with Crippen molar-refractivity contribution in [3.8, 4) is 17.0 Å². The molecule has 2 saturated carbocycles. The van der Waals surface area contributed by atoms with Gasteiger partial charge in [0.25, 0.3) is 0 Å². The minimum Gasteiger partial charge on any atom is -0.496 e. The van der Waals surface area contributed by atoms with Crippen LogP contribution in [-0.4, -0.2) is 61.0 Å². The lowest BCUT2D eigenvalue weighted by atomic mass is 9.78. The Morgan fingerprint density at radius 2 is 1.70 bits per heavy atom. The second-order valence-corrected chi connectivity index (χ2v) is 15.5. The van der Waals surface area contributed by atoms with Crippen molar-refractivity contribution in [1.82, 2.24) is 15.3 Å². The number of carbonyl (C=O) groups is 2. The molecular weight excluding hydrogens is 632 g/mol. The number of alkyl carbamates (subject to hydrolysis) is 1. The van der Waals surface area contributed by atoms with E-state index in [1.54, 1.807) is 19.6 Å². The number of ether oxygens (including phenoxy) is 3. The number of oxazole rings is 1. The third-order valence-electron chi connectivity index (χ3n) is 10.7. The third-order valence-corrected chi connectivity index (χ3v) is 10.7. The summed E-state index contributed by atoms with van der Waals surface area (Å²) in [5, 5.41) is 2.99. The summed E-state index contributed by atoms with van der Waals surface area (Å²) in [5.41, 5.74) is 3.92. The highest BCUT2D eigenvalue weighted by atomic mass is 16.6. The van der Waals surface area contributed by atoms with E-state index in [0.29, 0.717) is 69.0 Å². The molecule has 0 spiro atoms. The Morgan fingerprint density at radius 3 is 2.36 bits per heavy atom. The molecular formula is C40H54N4O6. The Hall–Kier alpha value is -3.92. The second kappa shape index (κ2) is 16.0. The van der Waals surface area contributed by atoms with Crippen LogP contribution in [0.3, 0.4) is 0 Å². The van der Waals surface area contributed by atoms with Crippen molar-refractivity contribution in [3.05, 3.63) is 59.8 Å². The largest absolute Gasteiger partial charge is 0.496 e. The van der Waals surface area contributed by atoms with Crippen molar-refractivity contribution in [2.75, 3.05) is 31.8 Å². The average Bonchev–Trinajstić information content (AvgIpc) is 3.63. The number of nitrogens with one attached hydrogen (secondary N) is 1. The lowest BCUT2D eigenvalue weighted by Crippen LogP contribution is -2.43. The fraction of sp³-hybridized carbons (Fsp3) is 0.600. The summed E-state index contributed by atoms with van der Waals surface area (Å²) in [6, 6.07) is 10.5. The maximum Gasteiger partial charge on any atom is 0.407 e. The number of hydrogen-bond donors (Lipinski definition) is 1. The molecule has 3 aliphatic rings. The molecule has 3 heterocycles. The van der Waals surface area contributed by atoms with Crippen molar-refractivity contribution in [2.45, 2.75) is 115 Å². The first-order chi connectivity index (χ1) is 24.1. The number of methoxy groups -OCH3 is 1. The van der Waals surface area contributed by atoms with Crippen LogP contribution in [-0.2, 0) is 19.7 Å². The zero-order valence-electron chi connectivity index (χ0n) is 30.4. The lowest BCUT2D eigenvalue weighted by molar-refractivity contribution is -0.124. The Labute approximate surface area is 296 Å². The zero-order chi connectivity index (χ0) is 35.3. The van der Waals surface area contributed by atoms with E-state index < -0.39 is 0 Å². The van der Waals surface area contributed by atoms with Gasteiger partial charge in [-0.15, -0.1) is 0 Å². The molecule has 2 aliphatic carbocycles. The summed E-state index contributed by atoms with van der Waals surface area (Å²) in [6.07, 6.45) is 11.4. The predicted octanol–water partition coefficient (Wildman–Crippen LogP) is 8.12. The van der Waals surface area contributed by atoms with E-state index in [9.17, 15) is 9.59 Å². The van der Waals surface area contributed by atoms with Crippen LogP contribution >= 0.6 is 0 Å². The summed E-state index contributed by atoms with van der Waals surface area (Å²) in [5.74, 6) is 3.06. The van der Waals surface area contributed by atoms with Gasteiger partial charge in [-0.2, -0.15) is 0 Å². The van der Waals surface area contributed by atoms with E-state index in [2.05, 4.69) is 51.2 Å². The molecule has 2 aromatic heterocycles. The number of anilines is 1. The number of carbonyl (C=O) groups excluding carboxylic acids is 2. The summed E-state index contributed by atoms with van der Waals surface area (Å²) < 4.78 is 22.5. The summed E-state index contributed by atoms with van der Waals surface area (Å²) in [6.45, 7) is 10.3. The van der Waals surface area contributed by atoms with Gasteiger partial charge in [0.1, 0.15) is 29.6 Å². The molecule has 270 valence electrons. The molecule has 1 saturated heterocycles. The second-order valence-electron chi connectivity index (χ2n) is 15.5. The number of rotatable bonds is 9. The van der Waals surface area contributed by atoms with Crippen molar-refractivity contribution in [3.63, 3.8) is 0 Å². The van der Waals surface area contributed by atoms with Gasteiger partial charge in [0.2, 0.25) is 5.91 Å². The number of aryl methyl sites for hydroxylation is 1. The molecule has 0 atom stereocenters. The van der Waals surface area contributed by atoms with Crippen LogP contribution in [0, 0.1) is 18.8 Å². The third kappa shape index (κ3) is 8.86. The summed E-state index contributed by atoms with van der Waals surface area (Å²) in [4.78, 5) is 38.5. The highest BCUT2D eigenvalue weighted by Crippen LogP contribution is 2.39. The SMILES string of the molecule is COc1ccc(C2CCC(CN(C(=O)C3CCC(OC(=O)NC4CCOCC4)CC3)c3cc(-c4coc(C(C)(C)C)n4)ccn3)CC2)cc1C. The first-order valence-electron chi connectivity index (χ1n) is 18.5. The van der Waals surface area contributed by atoms with Gasteiger partial charge in [-0.25, -0.2) is 14.8 Å². The van der Waals surface area contributed by atoms with Gasteiger partial charge in [0.05, 0.1) is 7.11 Å². The van der Waals surface area contributed by atoms with Gasteiger partial charge in [0.15, 0.2) is 5.89 Å². The van der Waals surface area contributed by atoms with Crippen molar-refractivity contribution in [1.29, 1.82) is 0 Å². The number of hydrogen-bond acceptors (Lipinski definition) is 8. The summed E-state index contributed by atoms with van der Waals surface area (Å²) >= 11 is 0. The van der Waals surface area contributed by atoms with Gasteiger partial charge in [-0.1, -0.05) is 32.9 Å². The molecule has 0 bridgehead atoms. The molecule has 10 nitrogen and oxygen atoms in total. The molecule has 0 unspecified atom stereocenters. The maximum absolute atomic E-state index is 14.4. The van der Waals surface area contributed by atoms with Crippen molar-refractivity contribution < 1.29 is 28.2 Å². The van der Waals surface area contributed by atoms with Crippen LogP contribution in [0.4, 0.5) is 10.6 Å².